The van der Waals surface area contributed by atoms with Crippen LogP contribution in [0.2, 0.25) is 0 Å². The van der Waals surface area contributed by atoms with Gasteiger partial charge in [-0.1, -0.05) is 12.1 Å². The van der Waals surface area contributed by atoms with Crippen LogP contribution in [0.25, 0.3) is 0 Å². The van der Waals surface area contributed by atoms with Gasteiger partial charge in [-0.3, -0.25) is 4.79 Å². The maximum absolute atomic E-state index is 13.0. The van der Waals surface area contributed by atoms with Crippen molar-refractivity contribution in [2.75, 3.05) is 13.2 Å². The van der Waals surface area contributed by atoms with Crippen molar-refractivity contribution in [1.29, 1.82) is 0 Å². The molecule has 5 unspecified atom stereocenters. The highest BCUT2D eigenvalue weighted by molar-refractivity contribution is 6.03. The van der Waals surface area contributed by atoms with Gasteiger partial charge in [0.1, 0.15) is 48.3 Å². The Hall–Kier alpha value is -2.47. The van der Waals surface area contributed by atoms with Gasteiger partial charge in [-0.05, 0) is 17.7 Å². The number of hydrogen-bond donors (Lipinski definition) is 6. The summed E-state index contributed by atoms with van der Waals surface area (Å²) in [5, 5.41) is 59.2. The molecule has 4 rings (SSSR count). The fourth-order valence-electron chi connectivity index (χ4n) is 3.93. The Labute approximate surface area is 177 Å². The molecule has 10 heteroatoms. The molecular weight excluding hydrogens is 412 g/mol. The van der Waals surface area contributed by atoms with Crippen LogP contribution in [-0.2, 0) is 19.0 Å². The molecular formula is C21H24O10. The molecule has 0 radical (unpaired) electrons. The molecule has 1 aromatic rings. The van der Waals surface area contributed by atoms with Gasteiger partial charge in [0, 0.05) is 12.5 Å². The van der Waals surface area contributed by atoms with E-state index in [2.05, 4.69) is 0 Å². The van der Waals surface area contributed by atoms with Gasteiger partial charge in [0.25, 0.3) is 0 Å². The molecule has 0 aromatic heterocycles. The number of Topliss-reactive ketones (excluding diaryl/α,β-unsaturated/α-hetero) is 1. The van der Waals surface area contributed by atoms with Crippen LogP contribution < -0.4 is 0 Å². The highest BCUT2D eigenvalue weighted by Gasteiger charge is 2.46. The van der Waals surface area contributed by atoms with E-state index in [0.717, 1.165) is 0 Å². The lowest BCUT2D eigenvalue weighted by molar-refractivity contribution is -0.292. The van der Waals surface area contributed by atoms with Crippen LogP contribution in [0.4, 0.5) is 0 Å². The van der Waals surface area contributed by atoms with Crippen LogP contribution in [0.5, 0.6) is 5.75 Å². The monoisotopic (exact) mass is 436 g/mol. The molecule has 1 aliphatic carbocycles. The zero-order valence-electron chi connectivity index (χ0n) is 16.4. The van der Waals surface area contributed by atoms with Crippen LogP contribution in [0.15, 0.2) is 47.4 Å². The number of ketones is 1. The fourth-order valence-corrected chi connectivity index (χ4v) is 3.93. The van der Waals surface area contributed by atoms with Gasteiger partial charge in [-0.15, -0.1) is 0 Å². The lowest BCUT2D eigenvalue weighted by Gasteiger charge is -2.40. The van der Waals surface area contributed by atoms with Gasteiger partial charge in [0.05, 0.1) is 24.2 Å². The Morgan fingerprint density at radius 2 is 1.74 bits per heavy atom. The number of aliphatic hydroxyl groups is 5. The van der Waals surface area contributed by atoms with Crippen molar-refractivity contribution in [3.8, 4) is 5.75 Å². The number of rotatable bonds is 4. The number of aromatic hydroxyl groups is 1. The third kappa shape index (κ3) is 4.05. The molecule has 0 amide bonds. The summed E-state index contributed by atoms with van der Waals surface area (Å²) >= 11 is 0. The Morgan fingerprint density at radius 3 is 2.42 bits per heavy atom. The molecule has 7 atom stereocenters. The van der Waals surface area contributed by atoms with E-state index in [1.807, 2.05) is 0 Å². The zero-order valence-corrected chi connectivity index (χ0v) is 16.4. The van der Waals surface area contributed by atoms with Gasteiger partial charge in [-0.25, -0.2) is 0 Å². The number of allylic oxidation sites excluding steroid dienone is 1. The molecule has 31 heavy (non-hydrogen) atoms. The summed E-state index contributed by atoms with van der Waals surface area (Å²) in [4.78, 5) is 13.0. The summed E-state index contributed by atoms with van der Waals surface area (Å²) in [5.41, 5.74) is 0.749. The van der Waals surface area contributed by atoms with E-state index in [-0.39, 0.29) is 41.7 Å². The number of phenols is 1. The number of aliphatic hydroxyl groups excluding tert-OH is 5. The van der Waals surface area contributed by atoms with Gasteiger partial charge in [0.15, 0.2) is 5.78 Å². The van der Waals surface area contributed by atoms with E-state index in [0.29, 0.717) is 5.56 Å². The number of carbonyl (C=O) groups excluding carboxylic acids is 1. The molecule has 6 N–H and O–H groups in total. The van der Waals surface area contributed by atoms with Crippen LogP contribution in [0, 0.1) is 0 Å². The molecule has 2 aliphatic heterocycles. The van der Waals surface area contributed by atoms with E-state index in [1.54, 1.807) is 12.1 Å². The second-order valence-corrected chi connectivity index (χ2v) is 7.74. The van der Waals surface area contributed by atoms with E-state index < -0.39 is 49.3 Å². The van der Waals surface area contributed by atoms with Crippen molar-refractivity contribution >= 4 is 5.78 Å². The van der Waals surface area contributed by atoms with E-state index in [4.69, 9.17) is 14.2 Å². The summed E-state index contributed by atoms with van der Waals surface area (Å²) in [5.74, 6) is -0.578. The summed E-state index contributed by atoms with van der Waals surface area (Å²) in [7, 11) is 0. The molecule has 2 heterocycles. The normalized spacial score (nSPS) is 35.8. The van der Waals surface area contributed by atoms with Crippen molar-refractivity contribution in [3.05, 3.63) is 53.0 Å². The lowest BCUT2D eigenvalue weighted by atomic mass is 9.84. The Morgan fingerprint density at radius 1 is 1.03 bits per heavy atom. The second kappa shape index (κ2) is 8.58. The number of hydrogen-bond acceptors (Lipinski definition) is 10. The largest absolute Gasteiger partial charge is 0.508 e. The number of benzene rings is 1. The second-order valence-electron chi connectivity index (χ2n) is 7.74. The van der Waals surface area contributed by atoms with E-state index >= 15 is 0 Å². The Kier molecular flexibility index (Phi) is 6.02. The van der Waals surface area contributed by atoms with Crippen LogP contribution >= 0.6 is 0 Å². The quantitative estimate of drug-likeness (QED) is 0.337. The minimum absolute atomic E-state index is 0.0268. The summed E-state index contributed by atoms with van der Waals surface area (Å²) in [6, 6.07) is 6.17. The molecule has 0 saturated carbocycles. The highest BCUT2D eigenvalue weighted by atomic mass is 16.7. The van der Waals surface area contributed by atoms with Crippen molar-refractivity contribution in [1.82, 2.24) is 0 Å². The molecule has 10 nitrogen and oxygen atoms in total. The molecule has 0 bridgehead atoms. The lowest BCUT2D eigenvalue weighted by Crippen LogP contribution is -2.59. The first-order valence-electron chi connectivity index (χ1n) is 9.86. The summed E-state index contributed by atoms with van der Waals surface area (Å²) in [6.07, 6.45) is -7.17. The molecule has 3 aliphatic rings. The predicted octanol–water partition coefficient (Wildman–Crippen LogP) is -1.21. The first-order valence-corrected chi connectivity index (χ1v) is 9.86. The number of phenolic OH excluding ortho intramolecular Hbond substituents is 1. The number of ether oxygens (including phenoxy) is 3. The van der Waals surface area contributed by atoms with E-state index in [1.165, 1.54) is 18.2 Å². The predicted molar refractivity (Wildman–Crippen MR) is 102 cm³/mol. The van der Waals surface area contributed by atoms with Gasteiger partial charge >= 0.3 is 0 Å². The summed E-state index contributed by atoms with van der Waals surface area (Å²) in [6.45, 7) is -0.572. The molecule has 168 valence electrons. The number of carbonyl (C=O) groups is 1. The standard InChI is InChI=1S/C21H24O10/c22-7-15-18(26)19(27)20(28)21(31-15)30-11-5-13(24)16-14(6-11)29-8-12(17(16)25)9-1-3-10(23)4-2-9/h1-4,6,12-13,15,18-24,26-28H,5,7-8H2/t12?,13?,15?,18-,19?,20?,21-/m1/s1. The van der Waals surface area contributed by atoms with Crippen molar-refractivity contribution < 1.29 is 49.6 Å². The average Bonchev–Trinajstić information content (AvgIpc) is 2.75. The average molecular weight is 436 g/mol. The first-order chi connectivity index (χ1) is 14.8. The molecule has 1 aromatic carbocycles. The van der Waals surface area contributed by atoms with Crippen LogP contribution in [0.3, 0.4) is 0 Å². The van der Waals surface area contributed by atoms with Gasteiger partial charge in [-0.2, -0.15) is 0 Å². The maximum atomic E-state index is 13.0. The maximum Gasteiger partial charge on any atom is 0.228 e. The Balaban J connectivity index is 1.53. The van der Waals surface area contributed by atoms with E-state index in [9.17, 15) is 35.4 Å². The van der Waals surface area contributed by atoms with Crippen LogP contribution in [-0.4, -0.2) is 86.4 Å². The molecule has 0 spiro atoms. The van der Waals surface area contributed by atoms with Crippen molar-refractivity contribution in [3.63, 3.8) is 0 Å². The van der Waals surface area contributed by atoms with Crippen molar-refractivity contribution in [2.24, 2.45) is 0 Å². The molecule has 1 saturated heterocycles. The van der Waals surface area contributed by atoms with Crippen LogP contribution in [0.1, 0.15) is 17.9 Å². The third-order valence-electron chi connectivity index (χ3n) is 5.68. The Bertz CT molecular complexity index is 890. The minimum atomic E-state index is -1.60. The highest BCUT2D eigenvalue weighted by Crippen LogP contribution is 2.37. The third-order valence-corrected chi connectivity index (χ3v) is 5.68. The SMILES string of the molecule is O=C1C2=C(C=C(O[C@@H]3OC(CO)[C@@H](O)C(O)C3O)CC2O)OCC1c1ccc(O)cc1. The van der Waals surface area contributed by atoms with Gasteiger partial charge < -0.3 is 44.8 Å². The van der Waals surface area contributed by atoms with Gasteiger partial charge in [0.2, 0.25) is 6.29 Å². The first kappa shape index (κ1) is 21.8. The smallest absolute Gasteiger partial charge is 0.228 e. The molecule has 1 fully saturated rings. The fraction of sp³-hybridized carbons (Fsp3) is 0.476. The van der Waals surface area contributed by atoms with Crippen molar-refractivity contribution in [2.45, 2.75) is 49.1 Å². The summed E-state index contributed by atoms with van der Waals surface area (Å²) < 4.78 is 16.6. The topological polar surface area (TPSA) is 166 Å². The minimum Gasteiger partial charge on any atom is -0.508 e. The zero-order chi connectivity index (χ0) is 22.3.